The second kappa shape index (κ2) is 5.70. The number of fused-ring (bicyclic) bond motifs is 1. The van der Waals surface area contributed by atoms with Crippen molar-refractivity contribution in [1.82, 2.24) is 0 Å². The second-order valence-electron chi connectivity index (χ2n) is 5.47. The van der Waals surface area contributed by atoms with Gasteiger partial charge in [-0.15, -0.1) is 0 Å². The lowest BCUT2D eigenvalue weighted by molar-refractivity contribution is 0.0596. The Labute approximate surface area is 135 Å². The summed E-state index contributed by atoms with van der Waals surface area (Å²) >= 11 is 0. The summed E-state index contributed by atoms with van der Waals surface area (Å²) in [7, 11) is -2.62. The number of methoxy groups -OCH3 is 1. The number of ether oxygens (including phenoxy) is 1. The molecule has 23 heavy (non-hydrogen) atoms. The first-order valence-corrected chi connectivity index (χ1v) is 8.70. The molecular formula is C17H17NO4S. The number of carbonyl (C=O) groups is 1. The van der Waals surface area contributed by atoms with E-state index in [1.807, 2.05) is 25.1 Å². The number of esters is 1. The average Bonchev–Trinajstić information content (AvgIpc) is 2.90. The van der Waals surface area contributed by atoms with Crippen LogP contribution < -0.4 is 4.31 Å². The van der Waals surface area contributed by atoms with Crippen LogP contribution in [0.15, 0.2) is 53.4 Å². The van der Waals surface area contributed by atoms with E-state index in [1.165, 1.54) is 23.5 Å². The summed E-state index contributed by atoms with van der Waals surface area (Å²) in [6, 6.07) is 13.3. The first-order valence-electron chi connectivity index (χ1n) is 7.26. The van der Waals surface area contributed by atoms with Crippen molar-refractivity contribution in [1.29, 1.82) is 0 Å². The van der Waals surface area contributed by atoms with Crippen LogP contribution in [-0.4, -0.2) is 27.5 Å². The zero-order chi connectivity index (χ0) is 16.6. The first-order chi connectivity index (χ1) is 11.0. The molecule has 3 rings (SSSR count). The normalized spacial score (nSPS) is 17.0. The van der Waals surface area contributed by atoms with Crippen molar-refractivity contribution >= 4 is 21.7 Å². The number of hydrogen-bond acceptors (Lipinski definition) is 4. The van der Waals surface area contributed by atoms with Gasteiger partial charge in [0.25, 0.3) is 10.0 Å². The predicted octanol–water partition coefficient (Wildman–Crippen LogP) is 2.61. The van der Waals surface area contributed by atoms with E-state index < -0.39 is 16.0 Å². The molecule has 0 bridgehead atoms. The molecule has 0 spiro atoms. The Morgan fingerprint density at radius 2 is 1.78 bits per heavy atom. The minimum Gasteiger partial charge on any atom is -0.465 e. The largest absolute Gasteiger partial charge is 0.465 e. The van der Waals surface area contributed by atoms with Crippen molar-refractivity contribution < 1.29 is 17.9 Å². The summed E-state index contributed by atoms with van der Waals surface area (Å²) in [6.07, 6.45) is 0.649. The van der Waals surface area contributed by atoms with E-state index in [1.54, 1.807) is 18.2 Å². The van der Waals surface area contributed by atoms with Gasteiger partial charge >= 0.3 is 5.97 Å². The third kappa shape index (κ3) is 2.49. The molecule has 0 N–H and O–H groups in total. The number of benzene rings is 2. The van der Waals surface area contributed by atoms with Crippen LogP contribution in [0.25, 0.3) is 0 Å². The number of carbonyl (C=O) groups excluding carboxylic acids is 1. The number of anilines is 1. The second-order valence-corrected chi connectivity index (χ2v) is 7.25. The highest BCUT2D eigenvalue weighted by molar-refractivity contribution is 7.93. The lowest BCUT2D eigenvalue weighted by Gasteiger charge is -2.25. The molecule has 1 heterocycles. The Balaban J connectivity index is 2.16. The molecule has 0 amide bonds. The number of sulfonamides is 1. The van der Waals surface area contributed by atoms with Crippen molar-refractivity contribution in [3.05, 3.63) is 59.7 Å². The molecule has 0 radical (unpaired) electrons. The first kappa shape index (κ1) is 15.6. The minimum atomic E-state index is -3.85. The minimum absolute atomic E-state index is 0.0320. The highest BCUT2D eigenvalue weighted by Crippen LogP contribution is 2.37. The number of hydrogen-bond donors (Lipinski definition) is 0. The molecule has 0 aromatic heterocycles. The van der Waals surface area contributed by atoms with Gasteiger partial charge in [0.1, 0.15) is 4.90 Å². The van der Waals surface area contributed by atoms with Crippen molar-refractivity contribution in [3.63, 3.8) is 0 Å². The summed E-state index contributed by atoms with van der Waals surface area (Å²) in [4.78, 5) is 11.9. The quantitative estimate of drug-likeness (QED) is 0.811. The van der Waals surface area contributed by atoms with E-state index >= 15 is 0 Å². The van der Waals surface area contributed by atoms with Gasteiger partial charge in [-0.25, -0.2) is 13.2 Å². The molecule has 0 aliphatic carbocycles. The Morgan fingerprint density at radius 3 is 2.52 bits per heavy atom. The van der Waals surface area contributed by atoms with Crippen LogP contribution in [0.1, 0.15) is 22.8 Å². The van der Waals surface area contributed by atoms with E-state index in [2.05, 4.69) is 0 Å². The van der Waals surface area contributed by atoms with Crippen LogP contribution in [0.4, 0.5) is 5.69 Å². The van der Waals surface area contributed by atoms with Crippen LogP contribution >= 0.6 is 0 Å². The van der Waals surface area contributed by atoms with Gasteiger partial charge in [0.05, 0.1) is 18.4 Å². The van der Waals surface area contributed by atoms with E-state index in [0.29, 0.717) is 12.1 Å². The van der Waals surface area contributed by atoms with Gasteiger partial charge in [-0.3, -0.25) is 4.31 Å². The lowest BCUT2D eigenvalue weighted by Crippen LogP contribution is -2.36. The van der Waals surface area contributed by atoms with E-state index in [9.17, 15) is 13.2 Å². The van der Waals surface area contributed by atoms with Gasteiger partial charge in [-0.1, -0.05) is 30.3 Å². The summed E-state index contributed by atoms with van der Waals surface area (Å²) in [5.74, 6) is -0.663. The van der Waals surface area contributed by atoms with Crippen LogP contribution in [0.5, 0.6) is 0 Å². The van der Waals surface area contributed by atoms with Crippen molar-refractivity contribution in [2.45, 2.75) is 24.3 Å². The molecule has 2 aromatic rings. The van der Waals surface area contributed by atoms with Gasteiger partial charge in [-0.05, 0) is 37.1 Å². The predicted molar refractivity (Wildman–Crippen MR) is 87.1 cm³/mol. The summed E-state index contributed by atoms with van der Waals surface area (Å²) in [6.45, 7) is 1.86. The zero-order valence-corrected chi connectivity index (χ0v) is 13.7. The monoisotopic (exact) mass is 331 g/mol. The number of nitrogens with zero attached hydrogens (tertiary/aromatic N) is 1. The highest BCUT2D eigenvalue weighted by atomic mass is 32.2. The molecule has 0 fully saturated rings. The van der Waals surface area contributed by atoms with Gasteiger partial charge in [-0.2, -0.15) is 0 Å². The van der Waals surface area contributed by atoms with E-state index in [-0.39, 0.29) is 16.5 Å². The van der Waals surface area contributed by atoms with Crippen molar-refractivity contribution in [3.8, 4) is 0 Å². The molecule has 0 unspecified atom stereocenters. The molecule has 5 nitrogen and oxygen atoms in total. The molecular weight excluding hydrogens is 314 g/mol. The molecule has 0 saturated carbocycles. The molecule has 2 aromatic carbocycles. The Kier molecular flexibility index (Phi) is 3.85. The van der Waals surface area contributed by atoms with Gasteiger partial charge < -0.3 is 4.74 Å². The van der Waals surface area contributed by atoms with E-state index in [0.717, 1.165) is 5.56 Å². The van der Waals surface area contributed by atoms with Gasteiger partial charge in [0.15, 0.2) is 0 Å². The summed E-state index contributed by atoms with van der Waals surface area (Å²) in [5.41, 5.74) is 1.70. The third-order valence-electron chi connectivity index (χ3n) is 3.97. The summed E-state index contributed by atoms with van der Waals surface area (Å²) < 4.78 is 32.4. The SMILES string of the molecule is COC(=O)c1ccccc1S(=O)(=O)N1c2ccccc2C[C@H]1C. The molecule has 1 atom stereocenters. The van der Waals surface area contributed by atoms with Crippen LogP contribution in [-0.2, 0) is 21.2 Å². The fraction of sp³-hybridized carbons (Fsp3) is 0.235. The Bertz CT molecular complexity index is 860. The van der Waals surface area contributed by atoms with Gasteiger partial charge in [0.2, 0.25) is 0 Å². The molecule has 6 heteroatoms. The van der Waals surface area contributed by atoms with Gasteiger partial charge in [0, 0.05) is 6.04 Å². The Hall–Kier alpha value is -2.34. The third-order valence-corrected chi connectivity index (χ3v) is 5.96. The number of rotatable bonds is 3. The average molecular weight is 331 g/mol. The van der Waals surface area contributed by atoms with Crippen LogP contribution in [0.2, 0.25) is 0 Å². The standard InChI is InChI=1S/C17H17NO4S/c1-12-11-13-7-3-5-9-15(13)18(12)23(20,21)16-10-6-4-8-14(16)17(19)22-2/h3-10,12H,11H2,1-2H3/t12-/m1/s1. The topological polar surface area (TPSA) is 63.7 Å². The maximum absolute atomic E-state index is 13.2. The van der Waals surface area contributed by atoms with Crippen LogP contribution in [0.3, 0.4) is 0 Å². The molecule has 120 valence electrons. The maximum Gasteiger partial charge on any atom is 0.339 e. The maximum atomic E-state index is 13.2. The fourth-order valence-electron chi connectivity index (χ4n) is 2.98. The fourth-order valence-corrected chi connectivity index (χ4v) is 4.86. The molecule has 1 aliphatic heterocycles. The van der Waals surface area contributed by atoms with Crippen LogP contribution in [0, 0.1) is 0 Å². The molecule has 1 aliphatic rings. The lowest BCUT2D eigenvalue weighted by atomic mass is 10.1. The molecule has 0 saturated heterocycles. The van der Waals surface area contributed by atoms with Crippen molar-refractivity contribution in [2.24, 2.45) is 0 Å². The highest BCUT2D eigenvalue weighted by Gasteiger charge is 2.37. The van der Waals surface area contributed by atoms with Crippen molar-refractivity contribution in [2.75, 3.05) is 11.4 Å². The summed E-state index contributed by atoms with van der Waals surface area (Å²) in [5, 5.41) is 0. The smallest absolute Gasteiger partial charge is 0.339 e. The van der Waals surface area contributed by atoms with E-state index in [4.69, 9.17) is 4.74 Å². The zero-order valence-electron chi connectivity index (χ0n) is 12.9. The Morgan fingerprint density at radius 1 is 1.13 bits per heavy atom. The number of para-hydroxylation sites is 1.